The molecule has 0 amide bonds. The van der Waals surface area contributed by atoms with Crippen molar-refractivity contribution in [1.29, 1.82) is 0 Å². The van der Waals surface area contributed by atoms with E-state index in [4.69, 9.17) is 4.74 Å². The molecule has 0 saturated heterocycles. The summed E-state index contributed by atoms with van der Waals surface area (Å²) >= 11 is 0. The highest BCUT2D eigenvalue weighted by atomic mass is 16.6. The minimum Gasteiger partial charge on any atom is -0.506 e. The highest BCUT2D eigenvalue weighted by Crippen LogP contribution is 2.32. The van der Waals surface area contributed by atoms with E-state index in [2.05, 4.69) is 0 Å². The van der Waals surface area contributed by atoms with E-state index in [1.54, 1.807) is 18.2 Å². The molecule has 0 aliphatic heterocycles. The summed E-state index contributed by atoms with van der Waals surface area (Å²) in [5, 5.41) is 10.2. The number of ether oxygens (including phenoxy) is 1. The van der Waals surface area contributed by atoms with E-state index in [1.807, 2.05) is 53.0 Å². The van der Waals surface area contributed by atoms with Gasteiger partial charge >= 0.3 is 5.97 Å². The molecule has 2 aromatic carbocycles. The van der Waals surface area contributed by atoms with E-state index in [9.17, 15) is 14.7 Å². The number of aryl methyl sites for hydroxylation is 1. The van der Waals surface area contributed by atoms with Crippen LogP contribution < -0.4 is 0 Å². The molecule has 0 radical (unpaired) electrons. The zero-order chi connectivity index (χ0) is 19.3. The molecule has 27 heavy (non-hydrogen) atoms. The van der Waals surface area contributed by atoms with Gasteiger partial charge in [-0.25, -0.2) is 4.79 Å². The molecule has 0 aliphatic carbocycles. The Balaban J connectivity index is 1.68. The van der Waals surface area contributed by atoms with Gasteiger partial charge in [0.1, 0.15) is 34.4 Å². The van der Waals surface area contributed by atoms with Gasteiger partial charge in [0, 0.05) is 6.42 Å². The third-order valence-corrected chi connectivity index (χ3v) is 4.35. The fourth-order valence-electron chi connectivity index (χ4n) is 3.12. The highest BCUT2D eigenvalue weighted by molar-refractivity contribution is 5.94. The number of carbonyl (C=O) groups is 2. The molecule has 2 heterocycles. The Hall–Kier alpha value is -3.22. The quantitative estimate of drug-likeness (QED) is 0.434. The number of hydrogen-bond acceptors (Lipinski definition) is 4. The van der Waals surface area contributed by atoms with Crippen LogP contribution in [0.4, 0.5) is 0 Å². The molecule has 2 aromatic heterocycles. The molecule has 4 aromatic rings. The number of phenolic OH excluding ortho intramolecular Hbond substituents is 1. The molecule has 0 saturated carbocycles. The first-order chi connectivity index (χ1) is 12.8. The number of hydrogen-bond donors (Lipinski definition) is 1. The topological polar surface area (TPSA) is 77.3 Å². The zero-order valence-electron chi connectivity index (χ0n) is 15.5. The molecule has 0 unspecified atom stereocenters. The van der Waals surface area contributed by atoms with Gasteiger partial charge in [-0.2, -0.15) is 0 Å². The van der Waals surface area contributed by atoms with Gasteiger partial charge in [-0.15, -0.1) is 14.1 Å². The Labute approximate surface area is 155 Å². The van der Waals surface area contributed by atoms with Gasteiger partial charge in [0.15, 0.2) is 0 Å². The van der Waals surface area contributed by atoms with Crippen LogP contribution in [0.25, 0.3) is 16.7 Å². The number of aromatic nitrogens is 3. The van der Waals surface area contributed by atoms with Gasteiger partial charge in [0.25, 0.3) is 0 Å². The van der Waals surface area contributed by atoms with Crippen LogP contribution in [0, 0.1) is 0 Å². The Bertz CT molecular complexity index is 1140. The Kier molecular flexibility index (Phi) is 3.76. The lowest BCUT2D eigenvalue weighted by molar-refractivity contribution is -0.107. The van der Waals surface area contributed by atoms with Gasteiger partial charge in [-0.3, -0.25) is 0 Å². The molecule has 0 atom stereocenters. The molecule has 0 bridgehead atoms. The van der Waals surface area contributed by atoms with Gasteiger partial charge in [-0.05, 0) is 63.1 Å². The smallest absolute Gasteiger partial charge is 0.338 e. The summed E-state index contributed by atoms with van der Waals surface area (Å²) in [6.07, 6.45) is 1.95. The Morgan fingerprint density at radius 2 is 1.85 bits per heavy atom. The van der Waals surface area contributed by atoms with Gasteiger partial charge < -0.3 is 14.6 Å². The number of aromatic hydroxyl groups is 1. The number of phenols is 1. The summed E-state index contributed by atoms with van der Waals surface area (Å²) in [5.74, 6) is -0.214. The van der Waals surface area contributed by atoms with E-state index >= 15 is 0 Å². The second-order valence-corrected chi connectivity index (χ2v) is 7.60. The molecule has 7 nitrogen and oxygen atoms in total. The Morgan fingerprint density at radius 3 is 2.56 bits per heavy atom. The number of fused-ring (bicyclic) bond motifs is 4. The average Bonchev–Trinajstić information content (AvgIpc) is 3.25. The van der Waals surface area contributed by atoms with Crippen LogP contribution in [-0.2, 0) is 16.0 Å². The van der Waals surface area contributed by atoms with Crippen molar-refractivity contribution >= 4 is 23.3 Å². The largest absolute Gasteiger partial charge is 0.506 e. The first-order valence-electron chi connectivity index (χ1n) is 8.83. The van der Waals surface area contributed by atoms with Gasteiger partial charge in [0.05, 0.1) is 5.56 Å². The maximum atomic E-state index is 12.3. The molecule has 0 spiro atoms. The number of esters is 1. The molecular weight excluding hydrogens is 346 g/mol. The van der Waals surface area contributed by atoms with Crippen molar-refractivity contribution in [3.8, 4) is 11.4 Å². The number of rotatable bonds is 5. The fraction of sp³-hybridized carbons (Fsp3) is 0.300. The minimum absolute atomic E-state index is 0.150. The van der Waals surface area contributed by atoms with Crippen molar-refractivity contribution < 1.29 is 19.4 Å². The van der Waals surface area contributed by atoms with Crippen LogP contribution in [0.2, 0.25) is 0 Å². The second-order valence-electron chi connectivity index (χ2n) is 7.60. The minimum atomic E-state index is -0.550. The molecule has 1 N–H and O–H groups in total. The van der Waals surface area contributed by atoms with Crippen molar-refractivity contribution in [2.45, 2.75) is 39.2 Å². The molecular formula is C20H21N3O4. The van der Waals surface area contributed by atoms with Crippen LogP contribution >= 0.6 is 0 Å². The maximum absolute atomic E-state index is 12.3. The van der Waals surface area contributed by atoms with Gasteiger partial charge in [0.2, 0.25) is 0 Å². The Morgan fingerprint density at radius 1 is 1.11 bits per heavy atom. The highest BCUT2D eigenvalue weighted by Gasteiger charge is 2.27. The van der Waals surface area contributed by atoms with Crippen LogP contribution in [0.3, 0.4) is 0 Å². The van der Waals surface area contributed by atoms with Crippen molar-refractivity contribution in [3.05, 3.63) is 47.5 Å². The van der Waals surface area contributed by atoms with E-state index in [1.165, 1.54) is 0 Å². The SMILES string of the molecule is CC(C)(C)OC(=O)c1ccc2c(c1)n1n(-c3cc(CCC=O)ccc3O)n21. The summed E-state index contributed by atoms with van der Waals surface area (Å²) in [4.78, 5) is 24.7. The van der Waals surface area contributed by atoms with E-state index < -0.39 is 5.60 Å². The van der Waals surface area contributed by atoms with Crippen LogP contribution in [-0.4, -0.2) is 37.0 Å². The van der Waals surface area contributed by atoms with Crippen molar-refractivity contribution in [1.82, 2.24) is 14.1 Å². The van der Waals surface area contributed by atoms with Crippen LogP contribution in [0.5, 0.6) is 5.75 Å². The lowest BCUT2D eigenvalue weighted by Crippen LogP contribution is -2.23. The van der Waals surface area contributed by atoms with Crippen molar-refractivity contribution in [2.24, 2.45) is 0 Å². The number of carbonyl (C=O) groups excluding carboxylic acids is 2. The third-order valence-electron chi connectivity index (χ3n) is 4.35. The first kappa shape index (κ1) is 17.2. The number of benzene rings is 2. The summed E-state index contributed by atoms with van der Waals surface area (Å²) in [7, 11) is 0. The van der Waals surface area contributed by atoms with E-state index in [0.717, 1.165) is 22.9 Å². The summed E-state index contributed by atoms with van der Waals surface area (Å²) < 4.78 is 9.18. The van der Waals surface area contributed by atoms with Crippen LogP contribution in [0.1, 0.15) is 43.1 Å². The lowest BCUT2D eigenvalue weighted by atomic mass is 10.1. The molecule has 0 aliphatic rings. The van der Waals surface area contributed by atoms with E-state index in [0.29, 0.717) is 24.1 Å². The van der Waals surface area contributed by atoms with Gasteiger partial charge in [-0.1, -0.05) is 6.07 Å². The zero-order valence-corrected chi connectivity index (χ0v) is 15.5. The maximum Gasteiger partial charge on any atom is 0.338 e. The van der Waals surface area contributed by atoms with E-state index in [-0.39, 0.29) is 11.7 Å². The first-order valence-corrected chi connectivity index (χ1v) is 8.83. The summed E-state index contributed by atoms with van der Waals surface area (Å²) in [5.41, 5.74) is 3.36. The number of aldehydes is 1. The molecule has 140 valence electrons. The fourth-order valence-corrected chi connectivity index (χ4v) is 3.12. The predicted octanol–water partition coefficient (Wildman–Crippen LogP) is 3.21. The van der Waals surface area contributed by atoms with Crippen molar-refractivity contribution in [2.75, 3.05) is 0 Å². The summed E-state index contributed by atoms with van der Waals surface area (Å²) in [6.45, 7) is 5.50. The van der Waals surface area contributed by atoms with Crippen molar-refractivity contribution in [3.63, 3.8) is 0 Å². The standard InChI is InChI=1S/C20H21N3O4/c1-20(2,3)27-19(26)14-7-8-15-16(12-14)22-21(15)23(22)17-11-13(5-4-10-24)6-9-18(17)25/h6-12,25H,4-5H2,1-3H3. The molecule has 4 rings (SSSR count). The van der Waals surface area contributed by atoms with Crippen LogP contribution in [0.15, 0.2) is 36.4 Å². The summed E-state index contributed by atoms with van der Waals surface area (Å²) in [6, 6.07) is 10.7. The molecule has 0 fully saturated rings. The predicted molar refractivity (Wildman–Crippen MR) is 100 cm³/mol. The third kappa shape index (κ3) is 2.95. The monoisotopic (exact) mass is 367 g/mol. The molecule has 7 heteroatoms. The normalized spacial score (nSPS) is 12.3. The number of nitrogens with zero attached hydrogens (tertiary/aromatic N) is 3. The second kappa shape index (κ2) is 5.90. The average molecular weight is 367 g/mol. The lowest BCUT2D eigenvalue weighted by Gasteiger charge is -2.19.